The Kier molecular flexibility index (Phi) is 7.12. The molecule has 1 amide bonds. The quantitative estimate of drug-likeness (QED) is 0.410. The van der Waals surface area contributed by atoms with Crippen molar-refractivity contribution < 1.29 is 35.3 Å². The first-order valence-corrected chi connectivity index (χ1v) is 14.2. The highest BCUT2D eigenvalue weighted by Crippen LogP contribution is 2.53. The van der Waals surface area contributed by atoms with Gasteiger partial charge in [-0.3, -0.25) is 4.79 Å². The number of aromatic nitrogens is 2. The van der Waals surface area contributed by atoms with E-state index in [1.165, 1.54) is 11.8 Å². The number of hydrogen-bond donors (Lipinski definition) is 1. The number of rotatable bonds is 6. The first kappa shape index (κ1) is 27.4. The van der Waals surface area contributed by atoms with Crippen molar-refractivity contribution in [2.24, 2.45) is 11.8 Å². The van der Waals surface area contributed by atoms with Gasteiger partial charge in [0, 0.05) is 43.2 Å². The highest BCUT2D eigenvalue weighted by atomic mass is 32.2. The zero-order valence-electron chi connectivity index (χ0n) is 21.7. The van der Waals surface area contributed by atoms with Crippen molar-refractivity contribution in [3.63, 3.8) is 0 Å². The van der Waals surface area contributed by atoms with E-state index in [9.17, 15) is 26.4 Å². The molecule has 0 bridgehead atoms. The number of anilines is 3. The molecule has 4 heterocycles. The van der Waals surface area contributed by atoms with E-state index in [4.69, 9.17) is 8.92 Å². The molecule has 0 unspecified atom stereocenters. The zero-order chi connectivity index (χ0) is 28.1. The maximum Gasteiger partial charge on any atom is 0.534 e. The van der Waals surface area contributed by atoms with Crippen LogP contribution in [0, 0.1) is 18.8 Å². The molecule has 212 valence electrons. The average Bonchev–Trinajstić information content (AvgIpc) is 3.70. The van der Waals surface area contributed by atoms with Crippen molar-refractivity contribution in [2.75, 3.05) is 41.4 Å². The van der Waals surface area contributed by atoms with Crippen LogP contribution < -0.4 is 19.3 Å². The van der Waals surface area contributed by atoms with E-state index < -0.39 is 39.5 Å². The summed E-state index contributed by atoms with van der Waals surface area (Å²) in [7, 11) is -6.07. The predicted octanol–water partition coefficient (Wildman–Crippen LogP) is 3.78. The SMILES string of the molecule is CC(=O)N1c2c(cc(N3CCOCC3)nc2OS(=O)(=O)C(F)(F)F)[C@H](Nc2cccc(C)n2)[C@@H](C)[C@@H]1C1CC1. The van der Waals surface area contributed by atoms with Crippen molar-refractivity contribution in [1.82, 2.24) is 9.97 Å². The Balaban J connectivity index is 1.73. The summed E-state index contributed by atoms with van der Waals surface area (Å²) in [5, 5.41) is 3.40. The van der Waals surface area contributed by atoms with E-state index in [1.807, 2.05) is 26.0 Å². The number of carbonyl (C=O) groups excluding carboxylic acids is 1. The van der Waals surface area contributed by atoms with Crippen LogP contribution in [0.2, 0.25) is 0 Å². The van der Waals surface area contributed by atoms with Gasteiger partial charge in [-0.15, -0.1) is 0 Å². The Labute approximate surface area is 224 Å². The number of fused-ring (bicyclic) bond motifs is 1. The Morgan fingerprint density at radius 1 is 1.18 bits per heavy atom. The van der Waals surface area contributed by atoms with Crippen LogP contribution in [0.1, 0.15) is 44.0 Å². The first-order chi connectivity index (χ1) is 18.4. The molecule has 1 N–H and O–H groups in total. The first-order valence-electron chi connectivity index (χ1n) is 12.8. The molecule has 0 radical (unpaired) electrons. The number of pyridine rings is 2. The fourth-order valence-electron chi connectivity index (χ4n) is 5.46. The molecule has 5 rings (SSSR count). The van der Waals surface area contributed by atoms with Crippen LogP contribution in [0.5, 0.6) is 5.88 Å². The lowest BCUT2D eigenvalue weighted by atomic mass is 9.80. The lowest BCUT2D eigenvalue weighted by Gasteiger charge is -2.46. The molecule has 0 spiro atoms. The molecular formula is C25H30F3N5O5S. The van der Waals surface area contributed by atoms with Crippen LogP contribution in [0.4, 0.5) is 30.5 Å². The molecule has 1 saturated carbocycles. The molecule has 3 aliphatic rings. The van der Waals surface area contributed by atoms with E-state index >= 15 is 0 Å². The third-order valence-electron chi connectivity index (χ3n) is 7.36. The zero-order valence-corrected chi connectivity index (χ0v) is 22.6. The van der Waals surface area contributed by atoms with Crippen LogP contribution in [0.15, 0.2) is 24.3 Å². The van der Waals surface area contributed by atoms with Crippen LogP contribution >= 0.6 is 0 Å². The summed E-state index contributed by atoms with van der Waals surface area (Å²) in [5.74, 6) is -0.556. The molecule has 2 fully saturated rings. The number of ether oxygens (including phenoxy) is 1. The Morgan fingerprint density at radius 3 is 2.46 bits per heavy atom. The minimum absolute atomic E-state index is 0.0764. The topological polar surface area (TPSA) is 114 Å². The van der Waals surface area contributed by atoms with E-state index in [0.717, 1.165) is 18.5 Å². The summed E-state index contributed by atoms with van der Waals surface area (Å²) < 4.78 is 75.0. The average molecular weight is 570 g/mol. The fraction of sp³-hybridized carbons (Fsp3) is 0.560. The van der Waals surface area contributed by atoms with Crippen LogP contribution in [-0.2, 0) is 19.6 Å². The Bertz CT molecular complexity index is 1360. The number of amides is 1. The minimum Gasteiger partial charge on any atom is -0.378 e. The van der Waals surface area contributed by atoms with Gasteiger partial charge in [0.05, 0.1) is 19.3 Å². The van der Waals surface area contributed by atoms with E-state index in [0.29, 0.717) is 37.7 Å². The van der Waals surface area contributed by atoms with Gasteiger partial charge in [-0.05, 0) is 43.9 Å². The van der Waals surface area contributed by atoms with Crippen molar-refractivity contribution in [2.45, 2.75) is 51.2 Å². The number of hydrogen-bond acceptors (Lipinski definition) is 9. The number of nitrogens with zero attached hydrogens (tertiary/aromatic N) is 4. The monoisotopic (exact) mass is 569 g/mol. The third-order valence-corrected chi connectivity index (χ3v) is 8.30. The number of carbonyl (C=O) groups is 1. The molecule has 1 saturated heterocycles. The summed E-state index contributed by atoms with van der Waals surface area (Å²) in [5.41, 5.74) is -4.59. The van der Waals surface area contributed by atoms with Gasteiger partial charge in [0.1, 0.15) is 17.3 Å². The van der Waals surface area contributed by atoms with Crippen LogP contribution in [0.3, 0.4) is 0 Å². The number of alkyl halides is 3. The second-order valence-electron chi connectivity index (χ2n) is 10.2. The molecule has 2 aliphatic heterocycles. The maximum atomic E-state index is 13.5. The number of nitrogens with one attached hydrogen (secondary N) is 1. The number of halogens is 3. The highest BCUT2D eigenvalue weighted by molar-refractivity contribution is 7.88. The van der Waals surface area contributed by atoms with Crippen LogP contribution in [0.25, 0.3) is 0 Å². The van der Waals surface area contributed by atoms with Gasteiger partial charge < -0.3 is 24.0 Å². The molecular weight excluding hydrogens is 539 g/mol. The van der Waals surface area contributed by atoms with Gasteiger partial charge in [0.15, 0.2) is 0 Å². The van der Waals surface area contributed by atoms with Gasteiger partial charge >= 0.3 is 15.6 Å². The smallest absolute Gasteiger partial charge is 0.378 e. The molecule has 39 heavy (non-hydrogen) atoms. The highest BCUT2D eigenvalue weighted by Gasteiger charge is 2.52. The van der Waals surface area contributed by atoms with Gasteiger partial charge in [-0.1, -0.05) is 13.0 Å². The summed E-state index contributed by atoms with van der Waals surface area (Å²) in [4.78, 5) is 25.0. The van der Waals surface area contributed by atoms with Gasteiger partial charge in [-0.2, -0.15) is 26.6 Å². The van der Waals surface area contributed by atoms with Crippen molar-refractivity contribution in [3.8, 4) is 5.88 Å². The Morgan fingerprint density at radius 2 is 1.87 bits per heavy atom. The molecule has 2 aromatic heterocycles. The van der Waals surface area contributed by atoms with Gasteiger partial charge in [-0.25, -0.2) is 4.98 Å². The molecule has 10 nitrogen and oxygen atoms in total. The molecule has 2 aromatic rings. The standard InChI is InChI=1S/C25H30F3N5O5S/c1-14-5-4-6-19(29-14)30-21-15(2)22(17-7-8-17)33(16(3)34)23-18(21)13-20(32-9-11-37-12-10-32)31-24(23)38-39(35,36)25(26,27)28/h4-6,13,15,17,21-22H,7-12H2,1-3H3,(H,29,30)/t15-,21-,22-/m1/s1. The van der Waals surface area contributed by atoms with Crippen molar-refractivity contribution in [3.05, 3.63) is 35.5 Å². The van der Waals surface area contributed by atoms with E-state index in [-0.39, 0.29) is 23.3 Å². The molecule has 1 aliphatic carbocycles. The fourth-order valence-corrected chi connectivity index (χ4v) is 5.88. The minimum atomic E-state index is -6.07. The largest absolute Gasteiger partial charge is 0.534 e. The van der Waals surface area contributed by atoms with Gasteiger partial charge in [0.25, 0.3) is 5.88 Å². The maximum absolute atomic E-state index is 13.5. The van der Waals surface area contributed by atoms with Crippen molar-refractivity contribution in [1.29, 1.82) is 0 Å². The number of morpholine rings is 1. The molecule has 14 heteroatoms. The van der Waals surface area contributed by atoms with E-state index in [2.05, 4.69) is 15.3 Å². The predicted molar refractivity (Wildman–Crippen MR) is 137 cm³/mol. The lowest BCUT2D eigenvalue weighted by Crippen LogP contribution is -2.51. The summed E-state index contributed by atoms with van der Waals surface area (Å²) in [6.45, 7) is 6.63. The number of aryl methyl sites for hydroxylation is 1. The van der Waals surface area contributed by atoms with Crippen LogP contribution in [-0.4, -0.2) is 62.1 Å². The Hall–Kier alpha value is -3.13. The lowest BCUT2D eigenvalue weighted by molar-refractivity contribution is -0.117. The second-order valence-corrected chi connectivity index (χ2v) is 11.7. The van der Waals surface area contributed by atoms with Gasteiger partial charge in [0.2, 0.25) is 5.91 Å². The third kappa shape index (κ3) is 5.36. The summed E-state index contributed by atoms with van der Waals surface area (Å²) in [6, 6.07) is 6.19. The van der Waals surface area contributed by atoms with E-state index in [1.54, 1.807) is 17.0 Å². The molecule has 0 aromatic carbocycles. The summed E-state index contributed by atoms with van der Waals surface area (Å²) >= 11 is 0. The normalized spacial score (nSPS) is 23.8. The molecule has 3 atom stereocenters. The second kappa shape index (κ2) is 10.1. The van der Waals surface area contributed by atoms with Crippen molar-refractivity contribution >= 4 is 33.3 Å². The summed E-state index contributed by atoms with van der Waals surface area (Å²) in [6.07, 6.45) is 1.67.